The van der Waals surface area contributed by atoms with Crippen LogP contribution in [0, 0.1) is 13.8 Å². The number of hydrogen-bond donors (Lipinski definition) is 0. The Hall–Kier alpha value is -3.05. The first-order valence-corrected chi connectivity index (χ1v) is 10.9. The van der Waals surface area contributed by atoms with E-state index in [0.717, 1.165) is 40.8 Å². The van der Waals surface area contributed by atoms with Gasteiger partial charge in [0.05, 0.1) is 4.91 Å². The molecule has 1 aliphatic heterocycles. The minimum Gasteiger partial charge on any atom is -0.318 e. The molecular weight excluding hydrogens is 392 g/mol. The third-order valence-corrected chi connectivity index (χ3v) is 6.22. The minimum absolute atomic E-state index is 0.182. The number of amides is 2. The highest BCUT2D eigenvalue weighted by Gasteiger charge is 2.34. The maximum Gasteiger partial charge on any atom is 0.293 e. The Kier molecular flexibility index (Phi) is 5.64. The first kappa shape index (κ1) is 20.2. The van der Waals surface area contributed by atoms with Gasteiger partial charge in [0, 0.05) is 23.6 Å². The van der Waals surface area contributed by atoms with Crippen LogP contribution in [0.5, 0.6) is 0 Å². The SMILES string of the molecule is CCCN1C(=O)S/C(=C\c2cc(C)n(-c3ccc(-c4ccccc4)cc3)c2C)C1=O. The standard InChI is InChI=1S/C25H24N2O2S/c1-4-14-26-24(28)23(30-25(26)29)16-21-15-17(2)27(18(21)3)22-12-10-20(11-13-22)19-8-6-5-7-9-19/h5-13,15-16H,4,14H2,1-3H3/b23-16-. The van der Waals surface area contributed by atoms with E-state index in [1.807, 2.05) is 38.1 Å². The molecular formula is C25H24N2O2S. The van der Waals surface area contributed by atoms with Gasteiger partial charge in [0.25, 0.3) is 11.1 Å². The van der Waals surface area contributed by atoms with Crippen molar-refractivity contribution in [2.45, 2.75) is 27.2 Å². The lowest BCUT2D eigenvalue weighted by Gasteiger charge is -2.11. The van der Waals surface area contributed by atoms with Crippen LogP contribution >= 0.6 is 11.8 Å². The monoisotopic (exact) mass is 416 g/mol. The zero-order valence-electron chi connectivity index (χ0n) is 17.4. The number of hydrogen-bond acceptors (Lipinski definition) is 3. The van der Waals surface area contributed by atoms with Crippen LogP contribution in [0.4, 0.5) is 4.79 Å². The lowest BCUT2D eigenvalue weighted by atomic mass is 10.1. The van der Waals surface area contributed by atoms with Crippen molar-refractivity contribution < 1.29 is 9.59 Å². The summed E-state index contributed by atoms with van der Waals surface area (Å²) in [6.07, 6.45) is 2.61. The second-order valence-electron chi connectivity index (χ2n) is 7.41. The highest BCUT2D eigenvalue weighted by atomic mass is 32.2. The molecule has 1 saturated heterocycles. The average Bonchev–Trinajstić information content (AvgIpc) is 3.18. The quantitative estimate of drug-likeness (QED) is 0.465. The number of benzene rings is 2. The summed E-state index contributed by atoms with van der Waals surface area (Å²) in [7, 11) is 0. The minimum atomic E-state index is -0.191. The van der Waals surface area contributed by atoms with E-state index in [4.69, 9.17) is 0 Å². The number of imide groups is 1. The van der Waals surface area contributed by atoms with Crippen molar-refractivity contribution in [2.75, 3.05) is 6.54 Å². The number of carbonyl (C=O) groups excluding carboxylic acids is 2. The Bertz CT molecular complexity index is 1130. The third-order valence-electron chi connectivity index (χ3n) is 5.31. The van der Waals surface area contributed by atoms with E-state index in [-0.39, 0.29) is 11.1 Å². The molecule has 30 heavy (non-hydrogen) atoms. The fourth-order valence-corrected chi connectivity index (χ4v) is 4.68. The molecule has 1 fully saturated rings. The van der Waals surface area contributed by atoms with Crippen LogP contribution in [0.3, 0.4) is 0 Å². The lowest BCUT2D eigenvalue weighted by molar-refractivity contribution is -0.122. The number of nitrogens with zero attached hydrogens (tertiary/aromatic N) is 2. The summed E-state index contributed by atoms with van der Waals surface area (Å²) in [5.74, 6) is -0.191. The average molecular weight is 417 g/mol. The molecule has 3 aromatic rings. The summed E-state index contributed by atoms with van der Waals surface area (Å²) >= 11 is 1.03. The largest absolute Gasteiger partial charge is 0.318 e. The number of thioether (sulfide) groups is 1. The molecule has 5 heteroatoms. The van der Waals surface area contributed by atoms with Gasteiger partial charge in [0.1, 0.15) is 0 Å². The summed E-state index contributed by atoms with van der Waals surface area (Å²) in [6.45, 7) is 6.52. The number of carbonyl (C=O) groups is 2. The zero-order chi connectivity index (χ0) is 21.3. The summed E-state index contributed by atoms with van der Waals surface area (Å²) in [5.41, 5.74) is 6.52. The van der Waals surface area contributed by atoms with Gasteiger partial charge >= 0.3 is 0 Å². The van der Waals surface area contributed by atoms with Gasteiger partial charge in [0.2, 0.25) is 0 Å². The molecule has 2 heterocycles. The van der Waals surface area contributed by atoms with Gasteiger partial charge in [-0.15, -0.1) is 0 Å². The molecule has 4 nitrogen and oxygen atoms in total. The summed E-state index contributed by atoms with van der Waals surface area (Å²) < 4.78 is 2.18. The molecule has 0 aliphatic carbocycles. The molecule has 1 aromatic heterocycles. The first-order chi connectivity index (χ1) is 14.5. The Labute approximate surface area is 181 Å². The van der Waals surface area contributed by atoms with E-state index >= 15 is 0 Å². The second kappa shape index (κ2) is 8.36. The normalized spacial score (nSPS) is 15.4. The van der Waals surface area contributed by atoms with Gasteiger partial charge in [0.15, 0.2) is 0 Å². The molecule has 0 atom stereocenters. The van der Waals surface area contributed by atoms with Crippen LogP contribution in [-0.4, -0.2) is 27.2 Å². The predicted octanol–water partition coefficient (Wildman–Crippen LogP) is 6.21. The van der Waals surface area contributed by atoms with Gasteiger partial charge in [-0.3, -0.25) is 14.5 Å². The van der Waals surface area contributed by atoms with Crippen molar-refractivity contribution in [2.24, 2.45) is 0 Å². The van der Waals surface area contributed by atoms with Gasteiger partial charge in [-0.1, -0.05) is 49.4 Å². The van der Waals surface area contributed by atoms with Crippen LogP contribution in [0.2, 0.25) is 0 Å². The molecule has 2 amide bonds. The van der Waals surface area contributed by atoms with E-state index < -0.39 is 0 Å². The molecule has 0 radical (unpaired) electrons. The molecule has 152 valence electrons. The molecule has 0 spiro atoms. The van der Waals surface area contributed by atoms with Gasteiger partial charge in [-0.05, 0) is 73.0 Å². The molecule has 0 unspecified atom stereocenters. The fourth-order valence-electron chi connectivity index (χ4n) is 3.82. The topological polar surface area (TPSA) is 42.3 Å². The maximum absolute atomic E-state index is 12.6. The van der Waals surface area contributed by atoms with Crippen molar-refractivity contribution in [3.05, 3.63) is 82.5 Å². The highest BCUT2D eigenvalue weighted by molar-refractivity contribution is 8.18. The molecule has 1 aliphatic rings. The van der Waals surface area contributed by atoms with Crippen molar-refractivity contribution in [3.8, 4) is 16.8 Å². The van der Waals surface area contributed by atoms with Gasteiger partial charge < -0.3 is 4.57 Å². The molecule has 0 saturated carbocycles. The zero-order valence-corrected chi connectivity index (χ0v) is 18.2. The van der Waals surface area contributed by atoms with Crippen molar-refractivity contribution >= 4 is 29.0 Å². The smallest absolute Gasteiger partial charge is 0.293 e. The lowest BCUT2D eigenvalue weighted by Crippen LogP contribution is -2.28. The molecule has 0 N–H and O–H groups in total. The van der Waals surface area contributed by atoms with Crippen LogP contribution in [0.1, 0.15) is 30.3 Å². The van der Waals surface area contributed by atoms with Gasteiger partial charge in [-0.2, -0.15) is 0 Å². The van der Waals surface area contributed by atoms with E-state index in [2.05, 4.69) is 54.0 Å². The fraction of sp³-hybridized carbons (Fsp3) is 0.200. The molecule has 2 aromatic carbocycles. The maximum atomic E-state index is 12.6. The Morgan fingerprint density at radius 2 is 1.60 bits per heavy atom. The van der Waals surface area contributed by atoms with Crippen LogP contribution in [0.15, 0.2) is 65.6 Å². The van der Waals surface area contributed by atoms with E-state index in [1.54, 1.807) is 0 Å². The highest BCUT2D eigenvalue weighted by Crippen LogP contribution is 2.34. The summed E-state index contributed by atoms with van der Waals surface area (Å²) in [6, 6.07) is 20.8. The summed E-state index contributed by atoms with van der Waals surface area (Å²) in [4.78, 5) is 26.5. The van der Waals surface area contributed by atoms with Crippen LogP contribution in [0.25, 0.3) is 22.9 Å². The third kappa shape index (κ3) is 3.73. The van der Waals surface area contributed by atoms with Crippen LogP contribution in [-0.2, 0) is 4.79 Å². The van der Waals surface area contributed by atoms with Gasteiger partial charge in [-0.25, -0.2) is 0 Å². The molecule has 0 bridgehead atoms. The number of aryl methyl sites for hydroxylation is 1. The summed E-state index contributed by atoms with van der Waals surface area (Å²) in [5, 5.41) is -0.182. The Morgan fingerprint density at radius 3 is 2.27 bits per heavy atom. The van der Waals surface area contributed by atoms with E-state index in [0.29, 0.717) is 11.4 Å². The first-order valence-electron chi connectivity index (χ1n) is 10.1. The number of rotatable bonds is 5. The Morgan fingerprint density at radius 1 is 0.933 bits per heavy atom. The van der Waals surface area contributed by atoms with E-state index in [1.165, 1.54) is 16.0 Å². The Balaban J connectivity index is 1.65. The number of aromatic nitrogens is 1. The van der Waals surface area contributed by atoms with Crippen LogP contribution < -0.4 is 0 Å². The molecule has 4 rings (SSSR count). The van der Waals surface area contributed by atoms with E-state index in [9.17, 15) is 9.59 Å². The van der Waals surface area contributed by atoms with Crippen molar-refractivity contribution in [1.82, 2.24) is 9.47 Å². The van der Waals surface area contributed by atoms with Crippen molar-refractivity contribution in [3.63, 3.8) is 0 Å². The predicted molar refractivity (Wildman–Crippen MR) is 124 cm³/mol. The second-order valence-corrected chi connectivity index (χ2v) is 8.40. The van der Waals surface area contributed by atoms with Crippen molar-refractivity contribution in [1.29, 1.82) is 0 Å².